The summed E-state index contributed by atoms with van der Waals surface area (Å²) in [4.78, 5) is 9.57. The highest BCUT2D eigenvalue weighted by Gasteiger charge is 1.99. The molecule has 10 heavy (non-hydrogen) atoms. The number of carbonyl (C=O) groups is 1. The van der Waals surface area contributed by atoms with Crippen LogP contribution in [0.2, 0.25) is 0 Å². The van der Waals surface area contributed by atoms with Crippen molar-refractivity contribution in [1.82, 2.24) is 0 Å². The summed E-state index contributed by atoms with van der Waals surface area (Å²) in [6.07, 6.45) is 0. The van der Waals surface area contributed by atoms with Crippen LogP contribution < -0.4 is 5.73 Å². The summed E-state index contributed by atoms with van der Waals surface area (Å²) in [6.45, 7) is 1.42. The summed E-state index contributed by atoms with van der Waals surface area (Å²) in [5.41, 5.74) is 4.84. The second-order valence-electron chi connectivity index (χ2n) is 1.13. The van der Waals surface area contributed by atoms with E-state index < -0.39 is 12.0 Å². The fraction of sp³-hybridized carbons (Fsp3) is 0.667. The molecule has 0 aromatic heterocycles. The van der Waals surface area contributed by atoms with Crippen LogP contribution in [0, 0.1) is 0 Å². The van der Waals surface area contributed by atoms with Crippen LogP contribution in [-0.2, 0) is 9.36 Å². The number of nitrogens with two attached hydrogens (primary N) is 1. The Morgan fingerprint density at radius 2 is 1.60 bits per heavy atom. The molecule has 64 valence electrons. The zero-order valence-electron chi connectivity index (χ0n) is 5.23. The molecule has 0 bridgehead atoms. The van der Waals surface area contributed by atoms with Crippen LogP contribution in [0.5, 0.6) is 0 Å². The molecular formula is C3H10Cl2NO3P. The van der Waals surface area contributed by atoms with E-state index in [-0.39, 0.29) is 24.8 Å². The Kier molecular flexibility index (Phi) is 36.1. The summed E-state index contributed by atoms with van der Waals surface area (Å²) in [5, 5.41) is 7.87. The van der Waals surface area contributed by atoms with Crippen molar-refractivity contribution in [2.45, 2.75) is 13.0 Å². The maximum absolute atomic E-state index is 9.57. The van der Waals surface area contributed by atoms with E-state index in [0.29, 0.717) is 0 Å². The van der Waals surface area contributed by atoms with Crippen LogP contribution in [0.1, 0.15) is 6.92 Å². The van der Waals surface area contributed by atoms with Crippen LogP contribution in [-0.4, -0.2) is 17.1 Å². The van der Waals surface area contributed by atoms with Gasteiger partial charge < -0.3 is 10.8 Å². The summed E-state index contributed by atoms with van der Waals surface area (Å²) in [6, 6.07) is -0.731. The van der Waals surface area contributed by atoms with Crippen LogP contribution in [0.15, 0.2) is 0 Å². The van der Waals surface area contributed by atoms with Gasteiger partial charge in [0.25, 0.3) is 0 Å². The molecule has 0 aliphatic rings. The van der Waals surface area contributed by atoms with Crippen molar-refractivity contribution in [3.63, 3.8) is 0 Å². The van der Waals surface area contributed by atoms with Gasteiger partial charge in [0, 0.05) is 0 Å². The number of halogens is 2. The van der Waals surface area contributed by atoms with Gasteiger partial charge in [-0.05, 0) is 6.92 Å². The van der Waals surface area contributed by atoms with E-state index in [9.17, 15) is 4.79 Å². The Morgan fingerprint density at radius 3 is 1.60 bits per heavy atom. The number of hydrogen-bond acceptors (Lipinski definition) is 3. The SMILES string of the molecule is CC(N)C(=O)O.Cl.Cl.O=P. The van der Waals surface area contributed by atoms with Gasteiger partial charge in [-0.25, -0.2) is 0 Å². The van der Waals surface area contributed by atoms with E-state index in [1.807, 2.05) is 0 Å². The molecule has 3 N–H and O–H groups in total. The van der Waals surface area contributed by atoms with Crippen molar-refractivity contribution in [3.05, 3.63) is 0 Å². The highest BCUT2D eigenvalue weighted by molar-refractivity contribution is 7.00. The van der Waals surface area contributed by atoms with Crippen molar-refractivity contribution < 1.29 is 14.5 Å². The zero-order chi connectivity index (χ0) is 7.15. The second-order valence-corrected chi connectivity index (χ2v) is 1.13. The average Bonchev–Trinajstić information content (AvgIpc) is 1.72. The zero-order valence-corrected chi connectivity index (χ0v) is 7.87. The minimum absolute atomic E-state index is 0. The summed E-state index contributed by atoms with van der Waals surface area (Å²) < 4.78 is 8.06. The first-order chi connectivity index (χ1) is 3.64. The van der Waals surface area contributed by atoms with Crippen molar-refractivity contribution in [2.75, 3.05) is 0 Å². The van der Waals surface area contributed by atoms with Crippen molar-refractivity contribution >= 4 is 39.9 Å². The van der Waals surface area contributed by atoms with Gasteiger partial charge in [0.1, 0.15) is 15.2 Å². The fourth-order valence-electron chi connectivity index (χ4n) is 0. The van der Waals surface area contributed by atoms with E-state index in [1.165, 1.54) is 6.92 Å². The first-order valence-electron chi connectivity index (χ1n) is 1.83. The summed E-state index contributed by atoms with van der Waals surface area (Å²) >= 11 is 0. The average molecular weight is 210 g/mol. The van der Waals surface area contributed by atoms with E-state index >= 15 is 0 Å². The Morgan fingerprint density at radius 1 is 1.50 bits per heavy atom. The first kappa shape index (κ1) is 22.5. The third kappa shape index (κ3) is 24.3. The number of aliphatic carboxylic acids is 1. The molecule has 4 nitrogen and oxygen atoms in total. The molecule has 0 spiro atoms. The molecule has 0 aliphatic heterocycles. The van der Waals surface area contributed by atoms with Gasteiger partial charge in [-0.1, -0.05) is 0 Å². The van der Waals surface area contributed by atoms with Gasteiger partial charge in [0.15, 0.2) is 0 Å². The lowest BCUT2D eigenvalue weighted by Crippen LogP contribution is -2.25. The Balaban J connectivity index is -0.0000000412. The molecule has 0 heterocycles. The third-order valence-electron chi connectivity index (χ3n) is 0.390. The van der Waals surface area contributed by atoms with Crippen LogP contribution in [0.3, 0.4) is 0 Å². The smallest absolute Gasteiger partial charge is 0.320 e. The monoisotopic (exact) mass is 209 g/mol. The molecule has 0 radical (unpaired) electrons. The van der Waals surface area contributed by atoms with Gasteiger partial charge in [0.2, 0.25) is 0 Å². The molecular weight excluding hydrogens is 200 g/mol. The van der Waals surface area contributed by atoms with Crippen LogP contribution in [0.4, 0.5) is 0 Å². The van der Waals surface area contributed by atoms with E-state index in [1.54, 1.807) is 9.12 Å². The molecule has 0 rings (SSSR count). The maximum Gasteiger partial charge on any atom is 0.320 e. The van der Waals surface area contributed by atoms with Crippen molar-refractivity contribution in [3.8, 4) is 0 Å². The molecule has 0 aromatic rings. The normalized spacial score (nSPS) is 8.60. The maximum atomic E-state index is 9.57. The van der Waals surface area contributed by atoms with Crippen LogP contribution in [0.25, 0.3) is 0 Å². The number of carboxylic acids is 1. The second kappa shape index (κ2) is 16.1. The molecule has 7 heteroatoms. The topological polar surface area (TPSA) is 80.4 Å². The molecule has 0 saturated heterocycles. The quantitative estimate of drug-likeness (QED) is 0.625. The molecule has 0 amide bonds. The highest BCUT2D eigenvalue weighted by Crippen LogP contribution is 1.68. The standard InChI is InChI=1S/C3H7NO2.2ClH.HOP/c1-2(4)3(5)6;;;1-2/h2H,4H2,1H3,(H,5,6);2*1H;2H. The molecule has 0 saturated carbocycles. The van der Waals surface area contributed by atoms with Gasteiger partial charge in [-0.2, -0.15) is 0 Å². The minimum Gasteiger partial charge on any atom is -0.480 e. The lowest BCUT2D eigenvalue weighted by molar-refractivity contribution is -0.138. The first-order valence-corrected chi connectivity index (χ1v) is 2.24. The predicted octanol–water partition coefficient (Wildman–Crippen LogP) is 0.736. The summed E-state index contributed by atoms with van der Waals surface area (Å²) in [7, 11) is 1.72. The van der Waals surface area contributed by atoms with E-state index in [0.717, 1.165) is 0 Å². The Bertz CT molecular complexity index is 82.1. The predicted molar refractivity (Wildman–Crippen MR) is 44.8 cm³/mol. The van der Waals surface area contributed by atoms with E-state index in [4.69, 9.17) is 15.4 Å². The van der Waals surface area contributed by atoms with Crippen molar-refractivity contribution in [2.24, 2.45) is 5.73 Å². The van der Waals surface area contributed by atoms with Crippen molar-refractivity contribution in [1.29, 1.82) is 0 Å². The Hall–Kier alpha value is 0.110. The fourth-order valence-corrected chi connectivity index (χ4v) is 0. The Labute approximate surface area is 73.6 Å². The van der Waals surface area contributed by atoms with Gasteiger partial charge >= 0.3 is 5.97 Å². The summed E-state index contributed by atoms with van der Waals surface area (Å²) in [5.74, 6) is -0.963. The number of hydrogen-bond donors (Lipinski definition) is 2. The highest BCUT2D eigenvalue weighted by atomic mass is 35.5. The van der Waals surface area contributed by atoms with Gasteiger partial charge in [-0.3, -0.25) is 9.36 Å². The molecule has 0 aliphatic carbocycles. The third-order valence-corrected chi connectivity index (χ3v) is 0.390. The molecule has 1 unspecified atom stereocenters. The molecule has 1 atom stereocenters. The van der Waals surface area contributed by atoms with Gasteiger partial charge in [0.05, 0.1) is 0 Å². The molecule has 0 fully saturated rings. The van der Waals surface area contributed by atoms with Crippen LogP contribution >= 0.6 is 33.9 Å². The number of rotatable bonds is 1. The molecule has 0 aromatic carbocycles. The lowest BCUT2D eigenvalue weighted by atomic mass is 10.4. The largest absolute Gasteiger partial charge is 0.480 e. The minimum atomic E-state index is -0.963. The lowest BCUT2D eigenvalue weighted by Gasteiger charge is -1.90. The number of carboxylic acid groups (broad SMARTS) is 1. The van der Waals surface area contributed by atoms with E-state index in [2.05, 4.69) is 0 Å². The van der Waals surface area contributed by atoms with Gasteiger partial charge in [-0.15, -0.1) is 24.8 Å².